The van der Waals surface area contributed by atoms with Crippen LogP contribution >= 0.6 is 0 Å². The summed E-state index contributed by atoms with van der Waals surface area (Å²) in [5.74, 6) is 0.400. The fourth-order valence-corrected chi connectivity index (χ4v) is 5.59. The van der Waals surface area contributed by atoms with Gasteiger partial charge in [0.05, 0.1) is 28.7 Å². The number of aromatic nitrogens is 2. The molecule has 1 unspecified atom stereocenters. The molecule has 2 heterocycles. The largest absolute Gasteiger partial charge is 0.481 e. The normalized spacial score (nSPS) is 17.0. The molecular formula is C21H23N3O4S. The first-order chi connectivity index (χ1) is 13.9. The van der Waals surface area contributed by atoms with E-state index in [1.54, 1.807) is 66.2 Å². The molecule has 152 valence electrons. The summed E-state index contributed by atoms with van der Waals surface area (Å²) in [5.41, 5.74) is 1.17. The number of rotatable bonds is 5. The Morgan fingerprint density at radius 2 is 1.97 bits per heavy atom. The predicted molar refractivity (Wildman–Crippen MR) is 110 cm³/mol. The molecule has 8 heteroatoms. The zero-order valence-corrected chi connectivity index (χ0v) is 17.2. The highest BCUT2D eigenvalue weighted by molar-refractivity contribution is 7.91. The third-order valence-corrected chi connectivity index (χ3v) is 7.19. The van der Waals surface area contributed by atoms with Crippen molar-refractivity contribution in [2.75, 3.05) is 19.4 Å². The van der Waals surface area contributed by atoms with E-state index < -0.39 is 9.84 Å². The highest BCUT2D eigenvalue weighted by Crippen LogP contribution is 2.28. The van der Waals surface area contributed by atoms with Gasteiger partial charge >= 0.3 is 0 Å². The molecule has 1 aliphatic rings. The van der Waals surface area contributed by atoms with Crippen LogP contribution in [0.3, 0.4) is 0 Å². The van der Waals surface area contributed by atoms with Crippen LogP contribution in [0.25, 0.3) is 10.9 Å². The summed E-state index contributed by atoms with van der Waals surface area (Å²) in [5, 5.41) is 5.23. The molecule has 1 amide bonds. The molecule has 0 N–H and O–H groups in total. The average molecular weight is 413 g/mol. The van der Waals surface area contributed by atoms with Gasteiger partial charge < -0.3 is 9.64 Å². The fourth-order valence-electron chi connectivity index (χ4n) is 3.97. The fraction of sp³-hybridized carbons (Fsp3) is 0.333. The van der Waals surface area contributed by atoms with Crippen LogP contribution in [0.4, 0.5) is 0 Å². The number of benzene rings is 2. The van der Waals surface area contributed by atoms with Crippen LogP contribution in [0.2, 0.25) is 0 Å². The highest BCUT2D eigenvalue weighted by Gasteiger charge is 2.33. The van der Waals surface area contributed by atoms with Gasteiger partial charge in [-0.1, -0.05) is 18.2 Å². The Morgan fingerprint density at radius 3 is 2.69 bits per heavy atom. The topological polar surface area (TPSA) is 81.5 Å². The molecule has 2 aromatic carbocycles. The third kappa shape index (κ3) is 3.60. The molecule has 3 aromatic rings. The van der Waals surface area contributed by atoms with E-state index in [1.807, 2.05) is 6.07 Å². The van der Waals surface area contributed by atoms with E-state index in [0.717, 1.165) is 11.8 Å². The third-order valence-electron chi connectivity index (χ3n) is 5.37. The lowest BCUT2D eigenvalue weighted by Gasteiger charge is -2.24. The first kappa shape index (κ1) is 19.4. The van der Waals surface area contributed by atoms with Crippen LogP contribution in [-0.2, 0) is 16.9 Å². The van der Waals surface area contributed by atoms with Crippen molar-refractivity contribution in [3.05, 3.63) is 54.1 Å². The minimum Gasteiger partial charge on any atom is -0.481 e. The lowest BCUT2D eigenvalue weighted by Crippen LogP contribution is -2.39. The number of fused-ring (bicyclic) bond motifs is 1. The van der Waals surface area contributed by atoms with E-state index >= 15 is 0 Å². The van der Waals surface area contributed by atoms with E-state index in [1.165, 1.54) is 0 Å². The number of methoxy groups -OCH3 is 1. The van der Waals surface area contributed by atoms with Crippen LogP contribution in [0.1, 0.15) is 23.2 Å². The smallest absolute Gasteiger partial charge is 0.254 e. The van der Waals surface area contributed by atoms with E-state index in [0.29, 0.717) is 34.8 Å². The van der Waals surface area contributed by atoms with Gasteiger partial charge in [-0.2, -0.15) is 5.10 Å². The Morgan fingerprint density at radius 1 is 1.21 bits per heavy atom. The summed E-state index contributed by atoms with van der Waals surface area (Å²) in [4.78, 5) is 15.1. The van der Waals surface area contributed by atoms with E-state index in [2.05, 4.69) is 5.10 Å². The summed E-state index contributed by atoms with van der Waals surface area (Å²) >= 11 is 0. The SMILES string of the molecule is COc1c2ccc(C(=O)N3CCCC3CS(=O)(=O)c3ccccc3)cc2nn1C. The van der Waals surface area contributed by atoms with E-state index in [9.17, 15) is 13.2 Å². The van der Waals surface area contributed by atoms with Crippen LogP contribution < -0.4 is 4.74 Å². The summed E-state index contributed by atoms with van der Waals surface area (Å²) in [6.45, 7) is 0.553. The molecule has 1 aliphatic heterocycles. The number of likely N-dealkylation sites (tertiary alicyclic amines) is 1. The number of hydrogen-bond acceptors (Lipinski definition) is 5. The minimum atomic E-state index is -3.46. The van der Waals surface area contributed by atoms with Gasteiger partial charge in [0.2, 0.25) is 5.88 Å². The lowest BCUT2D eigenvalue weighted by atomic mass is 10.1. The molecule has 0 aliphatic carbocycles. The van der Waals surface area contributed by atoms with Crippen LogP contribution in [-0.4, -0.2) is 54.5 Å². The van der Waals surface area contributed by atoms with Crippen LogP contribution in [0.15, 0.2) is 53.4 Å². The van der Waals surface area contributed by atoms with Crippen LogP contribution in [0.5, 0.6) is 5.88 Å². The van der Waals surface area contributed by atoms with Crippen molar-refractivity contribution in [2.24, 2.45) is 7.05 Å². The van der Waals surface area contributed by atoms with Gasteiger partial charge in [-0.15, -0.1) is 0 Å². The molecule has 0 bridgehead atoms. The summed E-state index contributed by atoms with van der Waals surface area (Å²) in [7, 11) is -0.0949. The van der Waals surface area contributed by atoms with Gasteiger partial charge in [-0.25, -0.2) is 13.1 Å². The van der Waals surface area contributed by atoms with Crippen LogP contribution in [0, 0.1) is 0 Å². The molecule has 4 rings (SSSR count). The van der Waals surface area contributed by atoms with Gasteiger partial charge in [0.25, 0.3) is 5.91 Å². The highest BCUT2D eigenvalue weighted by atomic mass is 32.2. The van der Waals surface area contributed by atoms with Gasteiger partial charge in [-0.05, 0) is 43.2 Å². The number of hydrogen-bond donors (Lipinski definition) is 0. The second-order valence-electron chi connectivity index (χ2n) is 7.25. The van der Waals surface area contributed by atoms with Crippen molar-refractivity contribution in [3.63, 3.8) is 0 Å². The van der Waals surface area contributed by atoms with Gasteiger partial charge in [0.1, 0.15) is 0 Å². The maximum Gasteiger partial charge on any atom is 0.254 e. The molecule has 29 heavy (non-hydrogen) atoms. The average Bonchev–Trinajstić information content (AvgIpc) is 3.30. The molecule has 0 spiro atoms. The monoisotopic (exact) mass is 413 g/mol. The van der Waals surface area contributed by atoms with Crippen molar-refractivity contribution in [1.29, 1.82) is 0 Å². The maximum absolute atomic E-state index is 13.1. The van der Waals surface area contributed by atoms with Gasteiger partial charge in [0.15, 0.2) is 9.84 Å². The molecule has 1 saturated heterocycles. The Bertz CT molecular complexity index is 1160. The van der Waals surface area contributed by atoms with Crippen molar-refractivity contribution in [3.8, 4) is 5.88 Å². The lowest BCUT2D eigenvalue weighted by molar-refractivity contribution is 0.0749. The van der Waals surface area contributed by atoms with E-state index in [4.69, 9.17) is 4.74 Å². The summed E-state index contributed by atoms with van der Waals surface area (Å²) < 4.78 is 32.5. The number of nitrogens with zero attached hydrogens (tertiary/aromatic N) is 3. The van der Waals surface area contributed by atoms with Crippen molar-refractivity contribution >= 4 is 26.6 Å². The quantitative estimate of drug-likeness (QED) is 0.642. The number of carbonyl (C=O) groups is 1. The molecule has 0 radical (unpaired) electrons. The number of amides is 1. The number of sulfone groups is 1. The minimum absolute atomic E-state index is 0.0671. The first-order valence-corrected chi connectivity index (χ1v) is 11.2. The predicted octanol–water partition coefficient (Wildman–Crippen LogP) is 2.66. The number of ether oxygens (including phenoxy) is 1. The van der Waals surface area contributed by atoms with Crippen molar-refractivity contribution in [2.45, 2.75) is 23.8 Å². The number of aryl methyl sites for hydroxylation is 1. The second-order valence-corrected chi connectivity index (χ2v) is 9.29. The zero-order valence-electron chi connectivity index (χ0n) is 16.4. The van der Waals surface area contributed by atoms with Crippen molar-refractivity contribution < 1.29 is 17.9 Å². The Kier molecular flexibility index (Phi) is 5.04. The zero-order chi connectivity index (χ0) is 20.6. The van der Waals surface area contributed by atoms with E-state index in [-0.39, 0.29) is 17.7 Å². The number of carbonyl (C=O) groups excluding carboxylic acids is 1. The summed E-state index contributed by atoms with van der Waals surface area (Å²) in [6, 6.07) is 13.4. The standard InChI is InChI=1S/C21H23N3O4S/c1-23-21(28-2)18-11-10-15(13-19(18)22-23)20(25)24-12-6-7-16(24)14-29(26,27)17-8-4-3-5-9-17/h3-5,8-11,13,16H,6-7,12,14H2,1-2H3. The Labute approximate surface area is 169 Å². The molecule has 0 saturated carbocycles. The summed E-state index contributed by atoms with van der Waals surface area (Å²) in [6.07, 6.45) is 1.47. The molecular weight excluding hydrogens is 390 g/mol. The van der Waals surface area contributed by atoms with Gasteiger partial charge in [-0.3, -0.25) is 4.79 Å². The maximum atomic E-state index is 13.1. The molecule has 1 aromatic heterocycles. The second kappa shape index (κ2) is 7.51. The molecule has 7 nitrogen and oxygen atoms in total. The van der Waals surface area contributed by atoms with Gasteiger partial charge in [0, 0.05) is 25.2 Å². The Hall–Kier alpha value is -2.87. The van der Waals surface area contributed by atoms with Crippen molar-refractivity contribution in [1.82, 2.24) is 14.7 Å². The first-order valence-electron chi connectivity index (χ1n) is 9.50. The Balaban J connectivity index is 1.59. The molecule has 1 fully saturated rings. The molecule has 1 atom stereocenters.